The molecule has 7 nitrogen and oxygen atoms in total. The van der Waals surface area contributed by atoms with E-state index in [-0.39, 0.29) is 6.42 Å². The van der Waals surface area contributed by atoms with Gasteiger partial charge in [0.1, 0.15) is 17.2 Å². The predicted molar refractivity (Wildman–Crippen MR) is 97.5 cm³/mol. The number of barbiturate groups is 1. The summed E-state index contributed by atoms with van der Waals surface area (Å²) in [6, 6.07) is 15.0. The monoisotopic (exact) mass is 368 g/mol. The fraction of sp³-hybridized carbons (Fsp3) is 0.250. The van der Waals surface area contributed by atoms with Gasteiger partial charge in [0.15, 0.2) is 0 Å². The minimum Gasteiger partial charge on any atom is -0.467 e. The molecule has 7 heteroatoms. The van der Waals surface area contributed by atoms with Gasteiger partial charge < -0.3 is 9.47 Å². The molecule has 1 aliphatic heterocycles. The second kappa shape index (κ2) is 7.90. The van der Waals surface area contributed by atoms with Crippen LogP contribution in [0.3, 0.4) is 0 Å². The molecular weight excluding hydrogens is 348 g/mol. The molecule has 0 saturated carbocycles. The minimum atomic E-state index is -1.77. The summed E-state index contributed by atoms with van der Waals surface area (Å²) in [4.78, 5) is 36.2. The van der Waals surface area contributed by atoms with Crippen LogP contribution in [0.1, 0.15) is 26.2 Å². The quantitative estimate of drug-likeness (QED) is 0.732. The molecule has 0 bridgehead atoms. The number of rotatable bonds is 7. The molecule has 0 radical (unpaired) electrons. The molecular formula is C20H20N2O5. The van der Waals surface area contributed by atoms with Gasteiger partial charge in [0.25, 0.3) is 17.4 Å². The zero-order valence-corrected chi connectivity index (χ0v) is 14.9. The van der Waals surface area contributed by atoms with Gasteiger partial charge in [0, 0.05) is 6.42 Å². The zero-order chi connectivity index (χ0) is 19.3. The highest BCUT2D eigenvalue weighted by Gasteiger charge is 2.52. The number of amides is 4. The van der Waals surface area contributed by atoms with Crippen LogP contribution in [0.5, 0.6) is 17.2 Å². The van der Waals surface area contributed by atoms with Gasteiger partial charge in [-0.15, -0.1) is 0 Å². The van der Waals surface area contributed by atoms with Crippen molar-refractivity contribution in [2.75, 3.05) is 0 Å². The molecule has 4 amide bonds. The molecule has 2 aromatic rings. The smallest absolute Gasteiger partial charge is 0.328 e. The van der Waals surface area contributed by atoms with E-state index >= 15 is 0 Å². The standard InChI is InChI=1S/C20H20N2O5/c1-2-3-13-20(17(23)21-19(25)22-18(20)24)27-16-11-9-15(10-12-16)26-14-7-5-4-6-8-14/h4-12H,2-3,13H2,1H3,(H2,21,22,23,24,25). The van der Waals surface area contributed by atoms with Crippen LogP contribution in [-0.4, -0.2) is 23.4 Å². The lowest BCUT2D eigenvalue weighted by Crippen LogP contribution is -2.69. The Morgan fingerprint density at radius 2 is 1.37 bits per heavy atom. The maximum Gasteiger partial charge on any atom is 0.328 e. The molecule has 2 N–H and O–H groups in total. The minimum absolute atomic E-state index is 0.163. The van der Waals surface area contributed by atoms with Gasteiger partial charge in [-0.3, -0.25) is 20.2 Å². The Morgan fingerprint density at radius 1 is 0.815 bits per heavy atom. The number of hydrogen-bond donors (Lipinski definition) is 2. The summed E-state index contributed by atoms with van der Waals surface area (Å²) in [6.07, 6.45) is 1.52. The summed E-state index contributed by atoms with van der Waals surface area (Å²) >= 11 is 0. The van der Waals surface area contributed by atoms with Crippen LogP contribution in [-0.2, 0) is 9.59 Å². The number of nitrogens with one attached hydrogen (secondary N) is 2. The van der Waals surface area contributed by atoms with Crippen LogP contribution in [0.4, 0.5) is 4.79 Å². The highest BCUT2D eigenvalue weighted by atomic mass is 16.5. The van der Waals surface area contributed by atoms with Crippen molar-refractivity contribution in [2.24, 2.45) is 0 Å². The Labute approximate surface area is 156 Å². The van der Waals surface area contributed by atoms with Crippen molar-refractivity contribution < 1.29 is 23.9 Å². The first-order valence-electron chi connectivity index (χ1n) is 8.72. The number of imide groups is 2. The number of carbonyl (C=O) groups excluding carboxylic acids is 3. The SMILES string of the molecule is CCCCC1(Oc2ccc(Oc3ccccc3)cc2)C(=O)NC(=O)NC1=O. The highest BCUT2D eigenvalue weighted by Crippen LogP contribution is 2.29. The first-order valence-corrected chi connectivity index (χ1v) is 8.72. The molecule has 0 spiro atoms. The lowest BCUT2D eigenvalue weighted by Gasteiger charge is -2.34. The Bertz CT molecular complexity index is 813. The number of urea groups is 1. The van der Waals surface area contributed by atoms with E-state index in [1.165, 1.54) is 0 Å². The number of hydrogen-bond acceptors (Lipinski definition) is 5. The van der Waals surface area contributed by atoms with E-state index < -0.39 is 23.4 Å². The van der Waals surface area contributed by atoms with Crippen LogP contribution in [0.2, 0.25) is 0 Å². The molecule has 0 unspecified atom stereocenters. The molecule has 0 aromatic heterocycles. The van der Waals surface area contributed by atoms with Crippen molar-refractivity contribution in [2.45, 2.75) is 31.8 Å². The van der Waals surface area contributed by atoms with Crippen LogP contribution < -0.4 is 20.1 Å². The molecule has 2 aromatic carbocycles. The van der Waals surface area contributed by atoms with Gasteiger partial charge in [-0.05, 0) is 42.8 Å². The van der Waals surface area contributed by atoms with Crippen molar-refractivity contribution in [1.29, 1.82) is 0 Å². The predicted octanol–water partition coefficient (Wildman–Crippen LogP) is 3.15. The number of unbranched alkanes of at least 4 members (excludes halogenated alkanes) is 1. The first kappa shape index (κ1) is 18.4. The third kappa shape index (κ3) is 4.08. The first-order chi connectivity index (χ1) is 13.0. The van der Waals surface area contributed by atoms with E-state index in [4.69, 9.17) is 9.47 Å². The maximum atomic E-state index is 12.4. The second-order valence-electron chi connectivity index (χ2n) is 6.16. The summed E-state index contributed by atoms with van der Waals surface area (Å²) in [5, 5.41) is 4.23. The van der Waals surface area contributed by atoms with Gasteiger partial charge in [-0.25, -0.2) is 4.79 Å². The normalized spacial score (nSPS) is 15.7. The fourth-order valence-corrected chi connectivity index (χ4v) is 2.74. The lowest BCUT2D eigenvalue weighted by atomic mass is 9.92. The number of ether oxygens (including phenoxy) is 2. The molecule has 3 rings (SSSR count). The third-order valence-electron chi connectivity index (χ3n) is 4.16. The van der Waals surface area contributed by atoms with Crippen LogP contribution in [0.25, 0.3) is 0 Å². The molecule has 27 heavy (non-hydrogen) atoms. The van der Waals surface area contributed by atoms with E-state index in [9.17, 15) is 14.4 Å². The van der Waals surface area contributed by atoms with Gasteiger partial charge >= 0.3 is 6.03 Å². The number of para-hydroxylation sites is 1. The number of benzene rings is 2. The van der Waals surface area contributed by atoms with Crippen molar-refractivity contribution in [3.8, 4) is 17.2 Å². The molecule has 1 saturated heterocycles. The zero-order valence-electron chi connectivity index (χ0n) is 14.9. The topological polar surface area (TPSA) is 93.7 Å². The molecule has 0 aliphatic carbocycles. The van der Waals surface area contributed by atoms with E-state index in [0.717, 1.165) is 6.42 Å². The molecule has 1 aliphatic rings. The van der Waals surface area contributed by atoms with Crippen LogP contribution in [0, 0.1) is 0 Å². The van der Waals surface area contributed by atoms with Gasteiger partial charge in [-0.1, -0.05) is 31.5 Å². The van der Waals surface area contributed by atoms with E-state index in [1.54, 1.807) is 24.3 Å². The van der Waals surface area contributed by atoms with Crippen molar-refractivity contribution in [3.63, 3.8) is 0 Å². The Kier molecular flexibility index (Phi) is 5.40. The van der Waals surface area contributed by atoms with Crippen molar-refractivity contribution in [3.05, 3.63) is 54.6 Å². The Morgan fingerprint density at radius 3 is 1.96 bits per heavy atom. The molecule has 0 atom stereocenters. The average molecular weight is 368 g/mol. The van der Waals surface area contributed by atoms with Gasteiger partial charge in [0.05, 0.1) is 0 Å². The number of carbonyl (C=O) groups is 3. The van der Waals surface area contributed by atoms with E-state index in [1.807, 2.05) is 37.3 Å². The molecule has 140 valence electrons. The summed E-state index contributed by atoms with van der Waals surface area (Å²) in [7, 11) is 0. The average Bonchev–Trinajstić information content (AvgIpc) is 2.66. The van der Waals surface area contributed by atoms with Gasteiger partial charge in [0.2, 0.25) is 0 Å². The summed E-state index contributed by atoms with van der Waals surface area (Å²) < 4.78 is 11.5. The molecule has 1 fully saturated rings. The van der Waals surface area contributed by atoms with Crippen molar-refractivity contribution in [1.82, 2.24) is 10.6 Å². The van der Waals surface area contributed by atoms with E-state index in [2.05, 4.69) is 10.6 Å². The Hall–Kier alpha value is -3.35. The second-order valence-corrected chi connectivity index (χ2v) is 6.16. The highest BCUT2D eigenvalue weighted by molar-refractivity contribution is 6.21. The maximum absolute atomic E-state index is 12.4. The van der Waals surface area contributed by atoms with Gasteiger partial charge in [-0.2, -0.15) is 0 Å². The summed E-state index contributed by atoms with van der Waals surface area (Å²) in [5.41, 5.74) is -1.77. The Balaban J connectivity index is 1.78. The van der Waals surface area contributed by atoms with E-state index in [0.29, 0.717) is 23.7 Å². The largest absolute Gasteiger partial charge is 0.467 e. The van der Waals surface area contributed by atoms with Crippen LogP contribution in [0.15, 0.2) is 54.6 Å². The van der Waals surface area contributed by atoms with Crippen molar-refractivity contribution >= 4 is 17.8 Å². The fourth-order valence-electron chi connectivity index (χ4n) is 2.74. The molecule has 1 heterocycles. The van der Waals surface area contributed by atoms with Crippen LogP contribution >= 0.6 is 0 Å². The third-order valence-corrected chi connectivity index (χ3v) is 4.16. The lowest BCUT2D eigenvalue weighted by molar-refractivity contribution is -0.152. The summed E-state index contributed by atoms with van der Waals surface area (Å²) in [5.74, 6) is 0.0915. The summed E-state index contributed by atoms with van der Waals surface area (Å²) in [6.45, 7) is 1.94.